The van der Waals surface area contributed by atoms with Crippen LogP contribution >= 0.6 is 0 Å². The van der Waals surface area contributed by atoms with Gasteiger partial charge >= 0.3 is 18.9 Å². The van der Waals surface area contributed by atoms with Crippen LogP contribution in [0.4, 0.5) is 0 Å². The average molecular weight is 209 g/mol. The number of hydrogen-bond acceptors (Lipinski definition) is 4. The molecule has 0 N–H and O–H groups in total. The maximum absolute atomic E-state index is 10.4. The van der Waals surface area contributed by atoms with Gasteiger partial charge in [-0.25, -0.2) is 9.67 Å². The van der Waals surface area contributed by atoms with Crippen molar-refractivity contribution in [2.24, 2.45) is 0 Å². The van der Waals surface area contributed by atoms with E-state index in [9.17, 15) is 9.90 Å². The topological polar surface area (TPSA) is 70.8 Å². The minimum absolute atomic E-state index is 0. The van der Waals surface area contributed by atoms with Gasteiger partial charge in [-0.15, -0.1) is 5.10 Å². The first-order valence-electron chi connectivity index (χ1n) is 4.40. The summed E-state index contributed by atoms with van der Waals surface area (Å²) in [5.41, 5.74) is 1.03. The van der Waals surface area contributed by atoms with Crippen molar-refractivity contribution in [1.29, 1.82) is 0 Å². The second-order valence-electron chi connectivity index (χ2n) is 3.04. The molecule has 76 valence electrons. The van der Waals surface area contributed by atoms with E-state index in [1.807, 2.05) is 30.3 Å². The third-order valence-corrected chi connectivity index (χ3v) is 1.91. The summed E-state index contributed by atoms with van der Waals surface area (Å²) in [6.07, 6.45) is 1.37. The SMILES string of the molecule is O=C([O-])c1ncn(Cc2ccccc2)n1.[Li+]. The molecule has 0 saturated carbocycles. The first-order valence-corrected chi connectivity index (χ1v) is 4.40. The zero-order valence-electron chi connectivity index (χ0n) is 8.83. The molecule has 0 fully saturated rings. The summed E-state index contributed by atoms with van der Waals surface area (Å²) in [6, 6.07) is 9.59. The molecule has 0 amide bonds. The molecule has 0 spiro atoms. The number of aromatic nitrogens is 3. The van der Waals surface area contributed by atoms with Crippen molar-refractivity contribution < 1.29 is 28.8 Å². The Bertz CT molecular complexity index is 470. The maximum Gasteiger partial charge on any atom is 1.00 e. The van der Waals surface area contributed by atoms with Gasteiger partial charge < -0.3 is 9.90 Å². The van der Waals surface area contributed by atoms with Crippen LogP contribution in [-0.4, -0.2) is 20.7 Å². The normalized spacial score (nSPS) is 9.50. The largest absolute Gasteiger partial charge is 1.00 e. The first kappa shape index (κ1) is 12.5. The van der Waals surface area contributed by atoms with Crippen LogP contribution < -0.4 is 24.0 Å². The van der Waals surface area contributed by atoms with E-state index in [-0.39, 0.29) is 24.7 Å². The van der Waals surface area contributed by atoms with E-state index in [1.54, 1.807) is 0 Å². The van der Waals surface area contributed by atoms with Gasteiger partial charge in [0.05, 0.1) is 6.54 Å². The zero-order chi connectivity index (χ0) is 10.7. The van der Waals surface area contributed by atoms with E-state index in [2.05, 4.69) is 10.1 Å². The molecule has 5 nitrogen and oxygen atoms in total. The first-order chi connectivity index (χ1) is 7.25. The van der Waals surface area contributed by atoms with Gasteiger partial charge in [-0.05, 0) is 5.56 Å². The molecular formula is C10H8LiN3O2. The third-order valence-electron chi connectivity index (χ3n) is 1.91. The molecule has 1 heterocycles. The number of hydrogen-bond donors (Lipinski definition) is 0. The van der Waals surface area contributed by atoms with Crippen LogP contribution in [0, 0.1) is 0 Å². The van der Waals surface area contributed by atoms with Gasteiger partial charge in [0, 0.05) is 0 Å². The molecule has 2 aromatic rings. The van der Waals surface area contributed by atoms with Gasteiger partial charge in [0.15, 0.2) is 5.82 Å². The molecule has 0 radical (unpaired) electrons. The second kappa shape index (κ2) is 5.49. The predicted octanol–water partition coefficient (Wildman–Crippen LogP) is -3.31. The molecule has 6 heteroatoms. The molecule has 0 atom stereocenters. The standard InChI is InChI=1S/C10H9N3O2.Li/c14-10(15)9-11-7-13(12-9)6-8-4-2-1-3-5-8;/h1-5,7H,6H2,(H,14,15);/q;+1/p-1. The molecule has 0 bridgehead atoms. The monoisotopic (exact) mass is 209 g/mol. The summed E-state index contributed by atoms with van der Waals surface area (Å²) in [7, 11) is 0. The summed E-state index contributed by atoms with van der Waals surface area (Å²) < 4.78 is 1.46. The fourth-order valence-electron chi connectivity index (χ4n) is 1.23. The van der Waals surface area contributed by atoms with E-state index in [4.69, 9.17) is 0 Å². The van der Waals surface area contributed by atoms with E-state index >= 15 is 0 Å². The van der Waals surface area contributed by atoms with Crippen LogP contribution in [-0.2, 0) is 6.54 Å². The molecule has 0 aliphatic rings. The molecule has 1 aromatic carbocycles. The van der Waals surface area contributed by atoms with Crippen molar-refractivity contribution in [3.8, 4) is 0 Å². The third kappa shape index (κ3) is 2.96. The van der Waals surface area contributed by atoms with Crippen LogP contribution in [0.15, 0.2) is 36.7 Å². The Morgan fingerprint density at radius 2 is 2.00 bits per heavy atom. The molecule has 0 saturated heterocycles. The quantitative estimate of drug-likeness (QED) is 0.496. The number of carbonyl (C=O) groups excluding carboxylic acids is 1. The van der Waals surface area contributed by atoms with Gasteiger partial charge in [0.25, 0.3) is 0 Å². The van der Waals surface area contributed by atoms with Crippen molar-refractivity contribution in [2.75, 3.05) is 0 Å². The fourth-order valence-corrected chi connectivity index (χ4v) is 1.23. The number of benzene rings is 1. The molecule has 16 heavy (non-hydrogen) atoms. The smallest absolute Gasteiger partial charge is 0.541 e. The van der Waals surface area contributed by atoms with Crippen molar-refractivity contribution in [3.05, 3.63) is 48.0 Å². The van der Waals surface area contributed by atoms with Crippen LogP contribution in [0.25, 0.3) is 0 Å². The molecule has 2 rings (SSSR count). The molecular weight excluding hydrogens is 201 g/mol. The van der Waals surface area contributed by atoms with Crippen molar-refractivity contribution in [2.45, 2.75) is 6.54 Å². The molecule has 0 unspecified atom stereocenters. The summed E-state index contributed by atoms with van der Waals surface area (Å²) in [6.45, 7) is 0.501. The van der Waals surface area contributed by atoms with Gasteiger partial charge in [-0.3, -0.25) is 0 Å². The van der Waals surface area contributed by atoms with E-state index in [0.29, 0.717) is 6.54 Å². The number of rotatable bonds is 3. The summed E-state index contributed by atoms with van der Waals surface area (Å²) in [5.74, 6) is -1.65. The molecule has 1 aromatic heterocycles. The summed E-state index contributed by atoms with van der Waals surface area (Å²) in [5, 5.41) is 14.2. The predicted molar refractivity (Wildman–Crippen MR) is 49.9 cm³/mol. The Balaban J connectivity index is 0.00000128. The van der Waals surface area contributed by atoms with Gasteiger partial charge in [-0.2, -0.15) is 0 Å². The Morgan fingerprint density at radius 1 is 1.31 bits per heavy atom. The zero-order valence-corrected chi connectivity index (χ0v) is 8.83. The molecule has 0 aliphatic carbocycles. The second-order valence-corrected chi connectivity index (χ2v) is 3.04. The van der Waals surface area contributed by atoms with Crippen molar-refractivity contribution in [1.82, 2.24) is 14.8 Å². The Labute approximate surface area is 104 Å². The average Bonchev–Trinajstić information content (AvgIpc) is 2.68. The number of carbonyl (C=O) groups is 1. The number of aromatic carboxylic acids is 1. The number of nitrogens with zero attached hydrogens (tertiary/aromatic N) is 3. The molecule has 0 aliphatic heterocycles. The van der Waals surface area contributed by atoms with Crippen molar-refractivity contribution >= 4 is 5.97 Å². The van der Waals surface area contributed by atoms with E-state index in [1.165, 1.54) is 11.0 Å². The van der Waals surface area contributed by atoms with Gasteiger partial charge in [0.2, 0.25) is 0 Å². The van der Waals surface area contributed by atoms with Crippen LogP contribution in [0.1, 0.15) is 16.2 Å². The minimum Gasteiger partial charge on any atom is -0.541 e. The van der Waals surface area contributed by atoms with Crippen molar-refractivity contribution in [3.63, 3.8) is 0 Å². The Hall–Kier alpha value is -1.57. The van der Waals surface area contributed by atoms with E-state index < -0.39 is 5.97 Å². The van der Waals surface area contributed by atoms with Gasteiger partial charge in [0.1, 0.15) is 12.3 Å². The van der Waals surface area contributed by atoms with Crippen LogP contribution in [0.2, 0.25) is 0 Å². The fraction of sp³-hybridized carbons (Fsp3) is 0.100. The minimum atomic E-state index is -1.36. The number of carboxylic acids is 1. The van der Waals surface area contributed by atoms with Gasteiger partial charge in [-0.1, -0.05) is 30.3 Å². The maximum atomic E-state index is 10.4. The Kier molecular flexibility index (Phi) is 4.29. The van der Waals surface area contributed by atoms with E-state index in [0.717, 1.165) is 5.56 Å². The summed E-state index contributed by atoms with van der Waals surface area (Å²) >= 11 is 0. The van der Waals surface area contributed by atoms with Crippen LogP contribution in [0.5, 0.6) is 0 Å². The Morgan fingerprint density at radius 3 is 2.56 bits per heavy atom. The summed E-state index contributed by atoms with van der Waals surface area (Å²) in [4.78, 5) is 14.0. The number of carboxylic acid groups (broad SMARTS) is 1. The van der Waals surface area contributed by atoms with Crippen LogP contribution in [0.3, 0.4) is 0 Å².